The molecular formula is C17H23N3O. The molecule has 0 saturated heterocycles. The molecule has 4 nitrogen and oxygen atoms in total. The first-order valence-corrected chi connectivity index (χ1v) is 7.41. The topological polar surface area (TPSA) is 46.9 Å². The maximum atomic E-state index is 12.1. The van der Waals surface area contributed by atoms with Crippen LogP contribution in [-0.2, 0) is 20.0 Å². The largest absolute Gasteiger partial charge is 0.310 e. The fourth-order valence-corrected chi connectivity index (χ4v) is 2.16. The van der Waals surface area contributed by atoms with E-state index in [9.17, 15) is 4.79 Å². The van der Waals surface area contributed by atoms with E-state index in [2.05, 4.69) is 55.5 Å². The van der Waals surface area contributed by atoms with Gasteiger partial charge >= 0.3 is 0 Å². The Morgan fingerprint density at radius 3 is 2.48 bits per heavy atom. The van der Waals surface area contributed by atoms with E-state index in [-0.39, 0.29) is 5.56 Å². The highest BCUT2D eigenvalue weighted by molar-refractivity contribution is 5.59. The van der Waals surface area contributed by atoms with E-state index in [4.69, 9.17) is 0 Å². The summed E-state index contributed by atoms with van der Waals surface area (Å²) in [7, 11) is 1.70. The van der Waals surface area contributed by atoms with Crippen molar-refractivity contribution in [1.29, 1.82) is 0 Å². The Kier molecular flexibility index (Phi) is 4.91. The third-order valence-electron chi connectivity index (χ3n) is 3.50. The lowest BCUT2D eigenvalue weighted by Crippen LogP contribution is -2.30. The molecule has 4 heteroatoms. The molecule has 0 unspecified atom stereocenters. The molecular weight excluding hydrogens is 262 g/mol. The van der Waals surface area contributed by atoms with E-state index >= 15 is 0 Å². The Labute approximate surface area is 125 Å². The van der Waals surface area contributed by atoms with Gasteiger partial charge in [-0.2, -0.15) is 5.10 Å². The molecule has 0 atom stereocenters. The predicted octanol–water partition coefficient (Wildman–Crippen LogP) is 2.51. The lowest BCUT2D eigenvalue weighted by molar-refractivity contribution is 0.577. The van der Waals surface area contributed by atoms with Crippen LogP contribution in [0.5, 0.6) is 0 Å². The smallest absolute Gasteiger partial charge is 0.271 e. The Morgan fingerprint density at radius 1 is 1.24 bits per heavy atom. The van der Waals surface area contributed by atoms with E-state index < -0.39 is 0 Å². The van der Waals surface area contributed by atoms with Crippen LogP contribution in [0.2, 0.25) is 0 Å². The van der Waals surface area contributed by atoms with Crippen LogP contribution in [0.15, 0.2) is 35.1 Å². The summed E-state index contributed by atoms with van der Waals surface area (Å²) in [6.07, 6.45) is 1.02. The van der Waals surface area contributed by atoms with Gasteiger partial charge in [0.05, 0.1) is 5.69 Å². The number of benzene rings is 1. The Bertz CT molecular complexity index is 657. The molecule has 2 rings (SSSR count). The predicted molar refractivity (Wildman–Crippen MR) is 86.3 cm³/mol. The standard InChI is InChI=1S/C17H23N3O/c1-5-13-6-8-14(9-7-13)16-10-15(11-18-12(2)3)17(21)20(4)19-16/h6-10,12,18H,5,11H2,1-4H3. The second-order valence-electron chi connectivity index (χ2n) is 5.57. The van der Waals surface area contributed by atoms with Crippen molar-refractivity contribution >= 4 is 0 Å². The highest BCUT2D eigenvalue weighted by atomic mass is 16.1. The molecule has 0 aliphatic heterocycles. The highest BCUT2D eigenvalue weighted by Crippen LogP contribution is 2.17. The second-order valence-corrected chi connectivity index (χ2v) is 5.57. The molecule has 2 aromatic rings. The first kappa shape index (κ1) is 15.4. The quantitative estimate of drug-likeness (QED) is 0.918. The molecule has 1 heterocycles. The van der Waals surface area contributed by atoms with Gasteiger partial charge < -0.3 is 5.32 Å². The zero-order valence-corrected chi connectivity index (χ0v) is 13.2. The molecule has 0 aliphatic carbocycles. The summed E-state index contributed by atoms with van der Waals surface area (Å²) < 4.78 is 1.42. The third-order valence-corrected chi connectivity index (χ3v) is 3.50. The summed E-state index contributed by atoms with van der Waals surface area (Å²) in [5.41, 5.74) is 3.87. The zero-order valence-electron chi connectivity index (χ0n) is 13.2. The molecule has 0 aliphatic rings. The number of nitrogens with one attached hydrogen (secondary N) is 1. The summed E-state index contributed by atoms with van der Waals surface area (Å²) in [6, 6.07) is 10.6. The SMILES string of the molecule is CCc1ccc(-c2cc(CNC(C)C)c(=O)n(C)n2)cc1. The van der Waals surface area contributed by atoms with Crippen LogP contribution in [0.1, 0.15) is 31.9 Å². The Morgan fingerprint density at radius 2 is 1.90 bits per heavy atom. The van der Waals surface area contributed by atoms with Crippen LogP contribution >= 0.6 is 0 Å². The second kappa shape index (κ2) is 6.68. The molecule has 0 radical (unpaired) electrons. The summed E-state index contributed by atoms with van der Waals surface area (Å²) >= 11 is 0. The fourth-order valence-electron chi connectivity index (χ4n) is 2.16. The number of aromatic nitrogens is 2. The van der Waals surface area contributed by atoms with Gasteiger partial charge in [0.1, 0.15) is 0 Å². The summed E-state index contributed by atoms with van der Waals surface area (Å²) in [5.74, 6) is 0. The van der Waals surface area contributed by atoms with E-state index in [1.807, 2.05) is 6.07 Å². The molecule has 21 heavy (non-hydrogen) atoms. The van der Waals surface area contributed by atoms with Crippen molar-refractivity contribution in [1.82, 2.24) is 15.1 Å². The van der Waals surface area contributed by atoms with Gasteiger partial charge in [-0.25, -0.2) is 4.68 Å². The molecule has 0 saturated carbocycles. The van der Waals surface area contributed by atoms with Crippen molar-refractivity contribution in [2.45, 2.75) is 39.8 Å². The van der Waals surface area contributed by atoms with Crippen LogP contribution in [0.25, 0.3) is 11.3 Å². The minimum atomic E-state index is -0.0444. The number of hydrogen-bond donors (Lipinski definition) is 1. The fraction of sp³-hybridized carbons (Fsp3) is 0.412. The Balaban J connectivity index is 2.37. The van der Waals surface area contributed by atoms with E-state index in [1.165, 1.54) is 10.2 Å². The molecule has 112 valence electrons. The van der Waals surface area contributed by atoms with Crippen molar-refractivity contribution < 1.29 is 0 Å². The molecule has 0 fully saturated rings. The van der Waals surface area contributed by atoms with Crippen LogP contribution in [0, 0.1) is 0 Å². The lowest BCUT2D eigenvalue weighted by atomic mass is 10.1. The van der Waals surface area contributed by atoms with Gasteiger partial charge in [-0.05, 0) is 18.1 Å². The monoisotopic (exact) mass is 285 g/mol. The number of hydrogen-bond acceptors (Lipinski definition) is 3. The van der Waals surface area contributed by atoms with Crippen molar-refractivity contribution in [3.8, 4) is 11.3 Å². The summed E-state index contributed by atoms with van der Waals surface area (Å²) in [6.45, 7) is 6.83. The third kappa shape index (κ3) is 3.79. The number of rotatable bonds is 5. The Hall–Kier alpha value is -1.94. The normalized spacial score (nSPS) is 11.1. The maximum absolute atomic E-state index is 12.1. The van der Waals surface area contributed by atoms with Crippen molar-refractivity contribution in [2.24, 2.45) is 7.05 Å². The van der Waals surface area contributed by atoms with Crippen LogP contribution in [0.3, 0.4) is 0 Å². The molecule has 0 spiro atoms. The molecule has 1 N–H and O–H groups in total. The zero-order chi connectivity index (χ0) is 15.4. The first-order valence-electron chi connectivity index (χ1n) is 7.41. The average Bonchev–Trinajstić information content (AvgIpc) is 2.48. The van der Waals surface area contributed by atoms with E-state index in [0.29, 0.717) is 12.6 Å². The van der Waals surface area contributed by atoms with Gasteiger partial charge in [0.15, 0.2) is 0 Å². The van der Waals surface area contributed by atoms with Crippen molar-refractivity contribution in [3.63, 3.8) is 0 Å². The molecule has 1 aromatic carbocycles. The number of nitrogens with zero attached hydrogens (tertiary/aromatic N) is 2. The number of aryl methyl sites for hydroxylation is 2. The van der Waals surface area contributed by atoms with Crippen LogP contribution in [0.4, 0.5) is 0 Å². The van der Waals surface area contributed by atoms with Crippen LogP contribution in [-0.4, -0.2) is 15.8 Å². The van der Waals surface area contributed by atoms with E-state index in [0.717, 1.165) is 23.2 Å². The first-order chi connectivity index (χ1) is 10.0. The summed E-state index contributed by atoms with van der Waals surface area (Å²) in [4.78, 5) is 12.1. The van der Waals surface area contributed by atoms with E-state index in [1.54, 1.807) is 7.05 Å². The molecule has 0 amide bonds. The van der Waals surface area contributed by atoms with Crippen molar-refractivity contribution in [3.05, 3.63) is 51.8 Å². The van der Waals surface area contributed by atoms with Crippen LogP contribution < -0.4 is 10.9 Å². The van der Waals surface area contributed by atoms with Gasteiger partial charge in [0.25, 0.3) is 5.56 Å². The molecule has 0 bridgehead atoms. The maximum Gasteiger partial charge on any atom is 0.271 e. The highest BCUT2D eigenvalue weighted by Gasteiger charge is 2.08. The van der Waals surface area contributed by atoms with Gasteiger partial charge in [0, 0.05) is 30.8 Å². The van der Waals surface area contributed by atoms with Gasteiger partial charge in [-0.3, -0.25) is 4.79 Å². The lowest BCUT2D eigenvalue weighted by Gasteiger charge is -2.10. The van der Waals surface area contributed by atoms with Gasteiger partial charge in [-0.1, -0.05) is 45.0 Å². The minimum absolute atomic E-state index is 0.0444. The summed E-state index contributed by atoms with van der Waals surface area (Å²) in [5, 5.41) is 7.65. The average molecular weight is 285 g/mol. The van der Waals surface area contributed by atoms with Crippen molar-refractivity contribution in [2.75, 3.05) is 0 Å². The van der Waals surface area contributed by atoms with Gasteiger partial charge in [-0.15, -0.1) is 0 Å². The minimum Gasteiger partial charge on any atom is -0.310 e. The van der Waals surface area contributed by atoms with Gasteiger partial charge in [0.2, 0.25) is 0 Å². The molecule has 1 aromatic heterocycles.